The number of rotatable bonds is 7. The third-order valence-electron chi connectivity index (χ3n) is 5.04. The van der Waals surface area contributed by atoms with E-state index in [0.717, 1.165) is 12.2 Å². The van der Waals surface area contributed by atoms with Crippen LogP contribution in [0.5, 0.6) is 0 Å². The van der Waals surface area contributed by atoms with Crippen LogP contribution in [0.3, 0.4) is 0 Å². The number of nitrogens with zero attached hydrogens (tertiary/aromatic N) is 1. The predicted octanol–water partition coefficient (Wildman–Crippen LogP) is 2.60. The van der Waals surface area contributed by atoms with Crippen molar-refractivity contribution < 1.29 is 19.1 Å². The molecule has 8 nitrogen and oxygen atoms in total. The molecular weight excluding hydrogens is 372 g/mol. The van der Waals surface area contributed by atoms with E-state index < -0.39 is 6.09 Å². The van der Waals surface area contributed by atoms with Crippen molar-refractivity contribution >= 4 is 29.1 Å². The van der Waals surface area contributed by atoms with E-state index in [1.807, 2.05) is 24.3 Å². The van der Waals surface area contributed by atoms with Gasteiger partial charge in [0.2, 0.25) is 0 Å². The number of primary amides is 1. The lowest BCUT2D eigenvalue weighted by atomic mass is 10.1. The second-order valence-electron chi connectivity index (χ2n) is 6.89. The molecule has 29 heavy (non-hydrogen) atoms. The fourth-order valence-electron chi connectivity index (χ4n) is 3.62. The van der Waals surface area contributed by atoms with Crippen molar-refractivity contribution in [2.45, 2.75) is 25.0 Å². The van der Waals surface area contributed by atoms with Crippen molar-refractivity contribution in [3.8, 4) is 0 Å². The van der Waals surface area contributed by atoms with Crippen molar-refractivity contribution in [2.24, 2.45) is 5.73 Å². The molecule has 2 atom stereocenters. The normalized spacial score (nSPS) is 18.4. The molecule has 1 aliphatic heterocycles. The van der Waals surface area contributed by atoms with Gasteiger partial charge in [-0.05, 0) is 42.8 Å². The molecule has 2 amide bonds. The number of nitrogens with two attached hydrogens (primary N) is 2. The highest BCUT2D eigenvalue weighted by Crippen LogP contribution is 2.30. The molecule has 1 saturated heterocycles. The van der Waals surface area contributed by atoms with Crippen LogP contribution < -0.4 is 21.7 Å². The van der Waals surface area contributed by atoms with Crippen molar-refractivity contribution in [2.75, 3.05) is 36.2 Å². The third kappa shape index (κ3) is 4.97. The molecule has 0 saturated carbocycles. The second kappa shape index (κ2) is 9.29. The molecule has 2 aromatic rings. The van der Waals surface area contributed by atoms with Gasteiger partial charge in [-0.15, -0.1) is 0 Å². The standard InChI is InChI=1S/C21H26N4O4/c1-28-13-11-18-19(29-21(23)27)10-12-25(18)15-8-6-14(7-9-15)20(26)24-17-5-3-2-4-16(17)22/h2-9,18-19H,10-13,22H2,1H3,(H2,23,27)(H,24,26). The number of nitrogens with one attached hydrogen (secondary N) is 1. The van der Waals surface area contributed by atoms with Crippen molar-refractivity contribution in [3.63, 3.8) is 0 Å². The highest BCUT2D eigenvalue weighted by Gasteiger charge is 2.36. The molecule has 0 spiro atoms. The lowest BCUT2D eigenvalue weighted by molar-refractivity contribution is 0.0902. The number of methoxy groups -OCH3 is 1. The summed E-state index contributed by atoms with van der Waals surface area (Å²) < 4.78 is 10.5. The molecule has 0 aromatic heterocycles. The Morgan fingerprint density at radius 3 is 2.55 bits per heavy atom. The van der Waals surface area contributed by atoms with E-state index in [-0.39, 0.29) is 18.1 Å². The first-order chi connectivity index (χ1) is 14.0. The van der Waals surface area contributed by atoms with E-state index in [9.17, 15) is 9.59 Å². The molecule has 2 aromatic carbocycles. The maximum absolute atomic E-state index is 12.5. The Hall–Kier alpha value is -3.26. The number of amides is 2. The first-order valence-electron chi connectivity index (χ1n) is 9.47. The van der Waals surface area contributed by atoms with Gasteiger partial charge in [0.25, 0.3) is 5.91 Å². The number of nitrogen functional groups attached to an aromatic ring is 1. The Morgan fingerprint density at radius 2 is 1.90 bits per heavy atom. The maximum Gasteiger partial charge on any atom is 0.404 e. The zero-order valence-corrected chi connectivity index (χ0v) is 16.3. The van der Waals surface area contributed by atoms with Gasteiger partial charge in [-0.25, -0.2) is 4.79 Å². The zero-order chi connectivity index (χ0) is 20.8. The topological polar surface area (TPSA) is 120 Å². The Labute approximate surface area is 169 Å². The minimum atomic E-state index is -0.772. The number of anilines is 3. The summed E-state index contributed by atoms with van der Waals surface area (Å²) in [7, 11) is 1.64. The summed E-state index contributed by atoms with van der Waals surface area (Å²) in [6, 6.07) is 14.4. The minimum absolute atomic E-state index is 0.0359. The van der Waals surface area contributed by atoms with Gasteiger partial charge in [0, 0.05) is 37.9 Å². The lowest BCUT2D eigenvalue weighted by Gasteiger charge is -2.29. The van der Waals surface area contributed by atoms with Crippen LogP contribution in [-0.2, 0) is 9.47 Å². The van der Waals surface area contributed by atoms with Crippen LogP contribution in [0.25, 0.3) is 0 Å². The largest absolute Gasteiger partial charge is 0.444 e. The molecule has 2 unspecified atom stereocenters. The molecule has 8 heteroatoms. The van der Waals surface area contributed by atoms with E-state index in [1.54, 1.807) is 31.4 Å². The van der Waals surface area contributed by atoms with Crippen LogP contribution in [0.15, 0.2) is 48.5 Å². The van der Waals surface area contributed by atoms with E-state index in [1.165, 1.54) is 0 Å². The van der Waals surface area contributed by atoms with Crippen molar-refractivity contribution in [3.05, 3.63) is 54.1 Å². The summed E-state index contributed by atoms with van der Waals surface area (Å²) in [6.45, 7) is 1.26. The molecule has 0 aliphatic carbocycles. The van der Waals surface area contributed by atoms with Crippen molar-refractivity contribution in [1.82, 2.24) is 0 Å². The number of para-hydroxylation sites is 2. The van der Waals surface area contributed by atoms with Gasteiger partial charge in [-0.1, -0.05) is 12.1 Å². The minimum Gasteiger partial charge on any atom is -0.444 e. The first kappa shape index (κ1) is 20.5. The van der Waals surface area contributed by atoms with E-state index >= 15 is 0 Å². The van der Waals surface area contributed by atoms with Crippen LogP contribution in [-0.4, -0.2) is 44.4 Å². The average Bonchev–Trinajstić information content (AvgIpc) is 3.09. The molecule has 0 bridgehead atoms. The lowest BCUT2D eigenvalue weighted by Crippen LogP contribution is -2.39. The van der Waals surface area contributed by atoms with Gasteiger partial charge in [0.1, 0.15) is 6.10 Å². The van der Waals surface area contributed by atoms with Crippen LogP contribution in [0.1, 0.15) is 23.2 Å². The van der Waals surface area contributed by atoms with Crippen LogP contribution in [0, 0.1) is 0 Å². The summed E-state index contributed by atoms with van der Waals surface area (Å²) in [5.74, 6) is -0.234. The van der Waals surface area contributed by atoms with E-state index in [4.69, 9.17) is 20.9 Å². The third-order valence-corrected chi connectivity index (χ3v) is 5.04. The predicted molar refractivity (Wildman–Crippen MR) is 112 cm³/mol. The molecule has 3 rings (SSSR count). The number of benzene rings is 2. The average molecular weight is 398 g/mol. The number of hydrogen-bond acceptors (Lipinski definition) is 6. The Balaban J connectivity index is 1.72. The zero-order valence-electron chi connectivity index (χ0n) is 16.3. The van der Waals surface area contributed by atoms with Gasteiger partial charge < -0.3 is 31.2 Å². The summed E-state index contributed by atoms with van der Waals surface area (Å²) in [6.07, 6.45) is 0.328. The Morgan fingerprint density at radius 1 is 1.17 bits per heavy atom. The molecule has 1 fully saturated rings. The van der Waals surface area contributed by atoms with Crippen LogP contribution >= 0.6 is 0 Å². The summed E-state index contributed by atoms with van der Waals surface area (Å²) >= 11 is 0. The van der Waals surface area contributed by atoms with Gasteiger partial charge in [-0.2, -0.15) is 0 Å². The Bertz CT molecular complexity index is 856. The number of hydrogen-bond donors (Lipinski definition) is 3. The molecule has 1 heterocycles. The molecule has 154 valence electrons. The van der Waals surface area contributed by atoms with Crippen LogP contribution in [0.2, 0.25) is 0 Å². The number of carbonyl (C=O) groups excluding carboxylic acids is 2. The SMILES string of the molecule is COCCC1C(OC(N)=O)CCN1c1ccc(C(=O)Nc2ccccc2N)cc1. The van der Waals surface area contributed by atoms with E-state index in [2.05, 4.69) is 10.2 Å². The number of carbonyl (C=O) groups is 2. The molecule has 0 radical (unpaired) electrons. The van der Waals surface area contributed by atoms with Gasteiger partial charge >= 0.3 is 6.09 Å². The second-order valence-corrected chi connectivity index (χ2v) is 6.89. The van der Waals surface area contributed by atoms with Gasteiger partial charge in [0.05, 0.1) is 17.4 Å². The smallest absolute Gasteiger partial charge is 0.404 e. The quantitative estimate of drug-likeness (QED) is 0.617. The van der Waals surface area contributed by atoms with Crippen LogP contribution in [0.4, 0.5) is 21.9 Å². The van der Waals surface area contributed by atoms with Crippen molar-refractivity contribution in [1.29, 1.82) is 0 Å². The summed E-state index contributed by atoms with van der Waals surface area (Å²) in [5.41, 5.74) is 13.6. The monoisotopic (exact) mass is 398 g/mol. The summed E-state index contributed by atoms with van der Waals surface area (Å²) in [4.78, 5) is 25.9. The molecule has 1 aliphatic rings. The fourth-order valence-corrected chi connectivity index (χ4v) is 3.62. The van der Waals surface area contributed by atoms with Gasteiger partial charge in [-0.3, -0.25) is 4.79 Å². The Kier molecular flexibility index (Phi) is 6.56. The van der Waals surface area contributed by atoms with E-state index in [0.29, 0.717) is 36.4 Å². The highest BCUT2D eigenvalue weighted by atomic mass is 16.6. The number of ether oxygens (including phenoxy) is 2. The summed E-state index contributed by atoms with van der Waals surface area (Å²) in [5, 5.41) is 2.82. The molecular formula is C21H26N4O4. The maximum atomic E-state index is 12.5. The molecule has 5 N–H and O–H groups in total. The van der Waals surface area contributed by atoms with Gasteiger partial charge in [0.15, 0.2) is 0 Å². The first-order valence-corrected chi connectivity index (χ1v) is 9.47. The fraction of sp³-hybridized carbons (Fsp3) is 0.333. The highest BCUT2D eigenvalue weighted by molar-refractivity contribution is 6.05.